The number of pyridine rings is 2. The third-order valence-electron chi connectivity index (χ3n) is 15.4. The Morgan fingerprint density at radius 1 is 0.382 bits per heavy atom. The molecule has 0 aliphatic rings. The Bertz CT molecular complexity index is 4750. The molecule has 9 aromatic carbocycles. The molecule has 0 N–H and O–H groups in total. The molecule has 76 heavy (non-hydrogen) atoms. The van der Waals surface area contributed by atoms with Gasteiger partial charge in [0.2, 0.25) is 0 Å². The lowest BCUT2D eigenvalue weighted by Crippen LogP contribution is -2.12. The molecular weight excluding hydrogens is 929 g/mol. The summed E-state index contributed by atoms with van der Waals surface area (Å²) in [5, 5.41) is 8.64. The molecule has 0 saturated heterocycles. The van der Waals surface area contributed by atoms with E-state index in [-0.39, 0.29) is 11.0 Å². The zero-order valence-corrected chi connectivity index (χ0v) is 42.0. The molecule has 362 valence electrons. The van der Waals surface area contributed by atoms with Gasteiger partial charge in [0.1, 0.15) is 23.1 Å². The van der Waals surface area contributed by atoms with Crippen molar-refractivity contribution in [1.82, 2.24) is 28.2 Å². The fourth-order valence-corrected chi connectivity index (χ4v) is 12.0. The third-order valence-corrected chi connectivity index (χ3v) is 15.4. The Kier molecular flexibility index (Phi) is 8.92. The minimum absolute atomic E-state index is 0.0601. The average molecular weight is 982 g/mol. The summed E-state index contributed by atoms with van der Waals surface area (Å²) in [6, 6.07) is 75.0. The molecule has 7 nitrogen and oxygen atoms in total. The average Bonchev–Trinajstić information content (AvgIpc) is 4.41. The monoisotopic (exact) mass is 981 g/mol. The summed E-state index contributed by atoms with van der Waals surface area (Å²) in [5.74, 6) is 2.60. The maximum absolute atomic E-state index is 9.44. The Morgan fingerprint density at radius 3 is 1.20 bits per heavy atom. The lowest BCUT2D eigenvalue weighted by atomic mass is 9.88. The summed E-state index contributed by atoms with van der Waals surface area (Å²) in [6.07, 6.45) is 3.67. The number of nitrogens with zero attached hydrogens (tertiary/aromatic N) is 6. The zero-order chi connectivity index (χ0) is 53.3. The van der Waals surface area contributed by atoms with Crippen molar-refractivity contribution in [2.45, 2.75) is 33.0 Å². The minimum Gasteiger partial charge on any atom is -0.457 e. The zero-order valence-electron chi connectivity index (χ0n) is 45.0. The van der Waals surface area contributed by atoms with Gasteiger partial charge in [-0.05, 0) is 114 Å². The van der Waals surface area contributed by atoms with Crippen LogP contribution in [0.25, 0.3) is 121 Å². The number of aromatic nitrogens is 6. The Morgan fingerprint density at radius 2 is 0.776 bits per heavy atom. The summed E-state index contributed by atoms with van der Waals surface area (Å²) in [4.78, 5) is 10.2. The van der Waals surface area contributed by atoms with E-state index in [9.17, 15) is 4.11 Å². The maximum atomic E-state index is 9.44. The number of ether oxygens (including phenoxy) is 1. The van der Waals surface area contributed by atoms with Crippen molar-refractivity contribution in [2.75, 3.05) is 0 Å². The molecule has 0 aliphatic heterocycles. The highest BCUT2D eigenvalue weighted by molar-refractivity contribution is 6.13. The number of fused-ring (bicyclic) bond motifs is 12. The first kappa shape index (κ1) is 40.7. The summed E-state index contributed by atoms with van der Waals surface area (Å²) in [5.41, 5.74) is 12.1. The van der Waals surface area contributed by atoms with Crippen LogP contribution in [0.1, 0.15) is 36.0 Å². The van der Waals surface area contributed by atoms with Gasteiger partial charge >= 0.3 is 0 Å². The van der Waals surface area contributed by atoms with Crippen LogP contribution in [0.5, 0.6) is 11.5 Å². The number of hydrogen-bond acceptors (Lipinski definition) is 3. The summed E-state index contributed by atoms with van der Waals surface area (Å²) >= 11 is 0. The van der Waals surface area contributed by atoms with Crippen LogP contribution < -0.4 is 4.74 Å². The van der Waals surface area contributed by atoms with Crippen molar-refractivity contribution >= 4 is 87.2 Å². The second-order valence-electron chi connectivity index (χ2n) is 20.8. The largest absolute Gasteiger partial charge is 0.457 e. The van der Waals surface area contributed by atoms with Gasteiger partial charge in [-0.3, -0.25) is 9.13 Å². The number of aryl methyl sites for hydroxylation is 1. The Balaban J connectivity index is 0.931. The first-order valence-electron chi connectivity index (χ1n) is 27.3. The lowest BCUT2D eigenvalue weighted by molar-refractivity contribution is 0.484. The highest BCUT2D eigenvalue weighted by atomic mass is 16.5. The van der Waals surface area contributed by atoms with Crippen LogP contribution >= 0.6 is 0 Å². The highest BCUT2D eigenvalue weighted by Crippen LogP contribution is 2.44. The number of para-hydroxylation sites is 6. The van der Waals surface area contributed by atoms with Crippen LogP contribution in [-0.2, 0) is 5.41 Å². The van der Waals surface area contributed by atoms with E-state index >= 15 is 0 Å². The normalized spacial score (nSPS) is 13.0. The van der Waals surface area contributed by atoms with E-state index in [1.807, 2.05) is 36.5 Å². The van der Waals surface area contributed by atoms with Gasteiger partial charge in [0, 0.05) is 82.9 Å². The van der Waals surface area contributed by atoms with E-state index < -0.39 is 6.85 Å². The van der Waals surface area contributed by atoms with Crippen molar-refractivity contribution < 1.29 is 8.85 Å². The van der Waals surface area contributed by atoms with E-state index in [1.165, 1.54) is 5.56 Å². The van der Waals surface area contributed by atoms with Gasteiger partial charge in [-0.1, -0.05) is 136 Å². The molecular formula is C69H50N6O. The minimum atomic E-state index is -2.57. The van der Waals surface area contributed by atoms with Gasteiger partial charge in [0.25, 0.3) is 0 Å². The van der Waals surface area contributed by atoms with E-state index in [1.54, 1.807) is 12.3 Å². The summed E-state index contributed by atoms with van der Waals surface area (Å²) < 4.78 is 44.0. The van der Waals surface area contributed by atoms with E-state index in [2.05, 4.69) is 221 Å². The van der Waals surface area contributed by atoms with Crippen molar-refractivity contribution in [3.63, 3.8) is 0 Å². The predicted octanol–water partition coefficient (Wildman–Crippen LogP) is 17.9. The van der Waals surface area contributed by atoms with Crippen LogP contribution in [-0.4, -0.2) is 28.2 Å². The van der Waals surface area contributed by atoms with Crippen LogP contribution in [0.2, 0.25) is 0 Å². The fraction of sp³-hybridized carbons (Fsp3) is 0.0725. The molecule has 15 rings (SSSR count). The highest BCUT2D eigenvalue weighted by Gasteiger charge is 2.25. The van der Waals surface area contributed by atoms with E-state index in [0.29, 0.717) is 22.9 Å². The number of hydrogen-bond donors (Lipinski definition) is 0. The summed E-state index contributed by atoms with van der Waals surface area (Å²) in [7, 11) is 0. The summed E-state index contributed by atoms with van der Waals surface area (Å²) in [6.45, 7) is 4.08. The molecule has 7 heteroatoms. The van der Waals surface area contributed by atoms with Crippen LogP contribution in [0.4, 0.5) is 0 Å². The van der Waals surface area contributed by atoms with E-state index in [4.69, 9.17) is 14.7 Å². The predicted molar refractivity (Wildman–Crippen MR) is 315 cm³/mol. The lowest BCUT2D eigenvalue weighted by Gasteiger charge is -2.21. The molecule has 0 atom stereocenters. The third kappa shape index (κ3) is 6.61. The first-order chi connectivity index (χ1) is 38.5. The number of benzene rings is 9. The fourth-order valence-electron chi connectivity index (χ4n) is 12.0. The maximum Gasteiger partial charge on any atom is 0.137 e. The molecule has 0 unspecified atom stereocenters. The molecule has 0 radical (unpaired) electrons. The SMILES string of the molecule is [2H]C([2H])([2H])c1cc(-n2c3ccccc3c3ccc(Oc4ccc5c6ccccc6n(-c6cc(C(C)(C)C)ccn6)c5c4)cc32)ncc1-c1c(-n2c3ccccc3c3ccccc32)cccc1-n1c2ccccc2c2ccccc21. The van der Waals surface area contributed by atoms with Crippen molar-refractivity contribution in [2.24, 2.45) is 0 Å². The van der Waals surface area contributed by atoms with E-state index in [0.717, 1.165) is 110 Å². The molecule has 0 amide bonds. The first-order valence-corrected chi connectivity index (χ1v) is 25.8. The molecule has 0 saturated carbocycles. The van der Waals surface area contributed by atoms with Crippen molar-refractivity contribution in [3.05, 3.63) is 242 Å². The molecule has 6 aromatic heterocycles. The molecule has 0 bridgehead atoms. The standard InChI is InChI=1S/C69H50N6O/c1-43-38-66(71-42-55(43)68-62(72-56-24-11-5-18-47(56)48-19-6-12-25-57(48)72)30-17-31-63(68)73-58-26-13-7-20-49(58)50-21-8-14-27-59(50)73)74-60-28-15-9-22-51(60)53-34-32-45(40-64(53)74)76-46-33-35-54-52-23-10-16-29-61(52)75(65(54)41-46)67-39-44(36-37-70-67)69(2,3)4/h5-42H,1-4H3/i1D3. The second kappa shape index (κ2) is 16.6. The van der Waals surface area contributed by atoms with Gasteiger partial charge < -0.3 is 13.9 Å². The molecule has 0 aliphatic carbocycles. The Hall–Kier alpha value is -9.72. The van der Waals surface area contributed by atoms with Gasteiger partial charge in [0.15, 0.2) is 0 Å². The van der Waals surface area contributed by atoms with Crippen LogP contribution in [0, 0.1) is 6.85 Å². The second-order valence-corrected chi connectivity index (χ2v) is 20.8. The Labute approximate surface area is 442 Å². The number of rotatable bonds is 7. The molecule has 15 aromatic rings. The van der Waals surface area contributed by atoms with Crippen LogP contribution in [0.3, 0.4) is 0 Å². The molecule has 0 fully saturated rings. The quantitative estimate of drug-likeness (QED) is 0.160. The van der Waals surface area contributed by atoms with Crippen molar-refractivity contribution in [1.29, 1.82) is 0 Å². The molecule has 0 spiro atoms. The smallest absolute Gasteiger partial charge is 0.137 e. The van der Waals surface area contributed by atoms with Gasteiger partial charge in [-0.15, -0.1) is 0 Å². The van der Waals surface area contributed by atoms with Gasteiger partial charge in [0.05, 0.1) is 55.5 Å². The topological polar surface area (TPSA) is 54.7 Å². The van der Waals surface area contributed by atoms with Crippen molar-refractivity contribution in [3.8, 4) is 45.6 Å². The molecule has 6 heterocycles. The van der Waals surface area contributed by atoms with Gasteiger partial charge in [-0.2, -0.15) is 0 Å². The van der Waals surface area contributed by atoms with Gasteiger partial charge in [-0.25, -0.2) is 9.97 Å². The van der Waals surface area contributed by atoms with Crippen LogP contribution in [0.15, 0.2) is 231 Å².